The second-order valence-electron chi connectivity index (χ2n) is 9.58. The Bertz CT molecular complexity index is 1070. The monoisotopic (exact) mass is 485 g/mol. The second kappa shape index (κ2) is 9.37. The summed E-state index contributed by atoms with van der Waals surface area (Å²) in [6, 6.07) is 29.7. The van der Waals surface area contributed by atoms with E-state index in [2.05, 4.69) is 119 Å². The lowest BCUT2D eigenvalue weighted by molar-refractivity contribution is 0.197. The molecule has 3 aromatic carbocycles. The van der Waals surface area contributed by atoms with Gasteiger partial charge in [0.1, 0.15) is 0 Å². The minimum atomic E-state index is -0.0518. The molecule has 5 rings (SSSR count). The Hall–Kier alpha value is -2.16. The molecule has 0 fully saturated rings. The zero-order chi connectivity index (χ0) is 22.0. The Labute approximate surface area is 201 Å². The van der Waals surface area contributed by atoms with E-state index in [1.807, 2.05) is 0 Å². The maximum atomic E-state index is 4.16. The summed E-state index contributed by atoms with van der Waals surface area (Å²) < 4.78 is 1.19. The van der Waals surface area contributed by atoms with Crippen molar-refractivity contribution in [3.63, 3.8) is 0 Å². The fourth-order valence-electron chi connectivity index (χ4n) is 6.02. The van der Waals surface area contributed by atoms with Gasteiger partial charge in [-0.3, -0.25) is 0 Å². The summed E-state index contributed by atoms with van der Waals surface area (Å²) in [6.45, 7) is 2.33. The summed E-state index contributed by atoms with van der Waals surface area (Å²) >= 11 is 3.74. The average Bonchev–Trinajstić information content (AvgIpc) is 2.81. The molecule has 2 aliphatic rings. The van der Waals surface area contributed by atoms with Gasteiger partial charge in [0.2, 0.25) is 0 Å². The van der Waals surface area contributed by atoms with Crippen LogP contribution in [0.4, 0.5) is 0 Å². The van der Waals surface area contributed by atoms with Crippen LogP contribution >= 0.6 is 15.9 Å². The number of allylic oxidation sites excluding steroid dienone is 1. The van der Waals surface area contributed by atoms with Crippen LogP contribution in [0.3, 0.4) is 0 Å². The van der Waals surface area contributed by atoms with Crippen molar-refractivity contribution in [1.82, 2.24) is 5.32 Å². The van der Waals surface area contributed by atoms with E-state index in [1.54, 1.807) is 0 Å². The van der Waals surface area contributed by atoms with Gasteiger partial charge in [-0.05, 0) is 79.3 Å². The second-order valence-corrected chi connectivity index (χ2v) is 10.5. The lowest BCUT2D eigenvalue weighted by Crippen LogP contribution is -2.57. The first-order valence-electron chi connectivity index (χ1n) is 12.0. The molecular formula is C30H32BrN. The molecule has 164 valence electrons. The molecule has 4 atom stereocenters. The molecule has 1 nitrogen and oxygen atoms in total. The number of nitrogens with one attached hydrogen (secondary N) is 1. The topological polar surface area (TPSA) is 12.0 Å². The maximum absolute atomic E-state index is 4.16. The highest BCUT2D eigenvalue weighted by Gasteiger charge is 2.47. The number of halogens is 1. The van der Waals surface area contributed by atoms with E-state index >= 15 is 0 Å². The number of hydrogen-bond donors (Lipinski definition) is 1. The van der Waals surface area contributed by atoms with Crippen LogP contribution in [0.1, 0.15) is 54.5 Å². The quantitative estimate of drug-likeness (QED) is 0.367. The van der Waals surface area contributed by atoms with E-state index in [1.165, 1.54) is 46.0 Å². The molecule has 32 heavy (non-hydrogen) atoms. The summed E-state index contributed by atoms with van der Waals surface area (Å²) in [4.78, 5) is 0. The molecule has 0 amide bonds. The van der Waals surface area contributed by atoms with E-state index in [9.17, 15) is 0 Å². The van der Waals surface area contributed by atoms with Gasteiger partial charge >= 0.3 is 0 Å². The Morgan fingerprint density at radius 1 is 1.00 bits per heavy atom. The van der Waals surface area contributed by atoms with Crippen molar-refractivity contribution in [2.75, 3.05) is 0 Å². The fourth-order valence-corrected chi connectivity index (χ4v) is 6.43. The Kier molecular flexibility index (Phi) is 6.35. The van der Waals surface area contributed by atoms with Gasteiger partial charge in [-0.2, -0.15) is 0 Å². The van der Waals surface area contributed by atoms with E-state index in [0.717, 1.165) is 12.8 Å². The van der Waals surface area contributed by atoms with Gasteiger partial charge in [0.25, 0.3) is 0 Å². The predicted octanol–water partition coefficient (Wildman–Crippen LogP) is 7.56. The predicted molar refractivity (Wildman–Crippen MR) is 138 cm³/mol. The normalized spacial score (nSPS) is 25.4. The van der Waals surface area contributed by atoms with Crippen molar-refractivity contribution in [1.29, 1.82) is 0 Å². The summed E-state index contributed by atoms with van der Waals surface area (Å²) in [6.07, 6.45) is 10.9. The van der Waals surface area contributed by atoms with Crippen molar-refractivity contribution in [2.45, 2.75) is 56.5 Å². The Morgan fingerprint density at radius 2 is 1.75 bits per heavy atom. The summed E-state index contributed by atoms with van der Waals surface area (Å²) in [5.41, 5.74) is 5.73. The Balaban J connectivity index is 1.64. The highest BCUT2D eigenvalue weighted by molar-refractivity contribution is 9.10. The third kappa shape index (κ3) is 4.23. The lowest BCUT2D eigenvalue weighted by atomic mass is 9.58. The molecule has 0 aromatic heterocycles. The minimum absolute atomic E-state index is 0.0518. The molecule has 0 saturated heterocycles. The smallest absolute Gasteiger partial charge is 0.0331 e. The van der Waals surface area contributed by atoms with Crippen molar-refractivity contribution in [3.8, 4) is 0 Å². The molecule has 2 heteroatoms. The molecule has 2 unspecified atom stereocenters. The molecule has 0 heterocycles. The van der Waals surface area contributed by atoms with Gasteiger partial charge in [-0.15, -0.1) is 0 Å². The molecule has 1 N–H and O–H groups in total. The van der Waals surface area contributed by atoms with Gasteiger partial charge in [0.15, 0.2) is 0 Å². The van der Waals surface area contributed by atoms with Crippen LogP contribution in [0.2, 0.25) is 0 Å². The number of rotatable bonds is 5. The van der Waals surface area contributed by atoms with Crippen LogP contribution in [0.5, 0.6) is 0 Å². The SMILES string of the molecule is C[C@H](NC1C2CCCC=C[C@@]1(Cc1ccccc1)c1ccc(Br)cc1C2)c1ccccc1. The number of fused-ring (bicyclic) bond motifs is 4. The van der Waals surface area contributed by atoms with Crippen molar-refractivity contribution >= 4 is 15.9 Å². The van der Waals surface area contributed by atoms with Crippen LogP contribution in [-0.2, 0) is 18.3 Å². The van der Waals surface area contributed by atoms with Crippen LogP contribution < -0.4 is 5.32 Å². The molecule has 2 aliphatic carbocycles. The Morgan fingerprint density at radius 3 is 2.53 bits per heavy atom. The van der Waals surface area contributed by atoms with Crippen molar-refractivity contribution in [2.24, 2.45) is 5.92 Å². The van der Waals surface area contributed by atoms with Crippen molar-refractivity contribution < 1.29 is 0 Å². The van der Waals surface area contributed by atoms with E-state index in [0.29, 0.717) is 18.0 Å². The van der Waals surface area contributed by atoms with Crippen LogP contribution in [-0.4, -0.2) is 6.04 Å². The molecule has 0 spiro atoms. The van der Waals surface area contributed by atoms with Crippen LogP contribution in [0.15, 0.2) is 95.5 Å². The largest absolute Gasteiger partial charge is 0.306 e. The van der Waals surface area contributed by atoms with E-state index < -0.39 is 0 Å². The molecule has 0 radical (unpaired) electrons. The van der Waals surface area contributed by atoms with Crippen molar-refractivity contribution in [3.05, 3.63) is 118 Å². The maximum Gasteiger partial charge on any atom is 0.0331 e. The van der Waals surface area contributed by atoms with Gasteiger partial charge in [0.05, 0.1) is 0 Å². The van der Waals surface area contributed by atoms with Crippen LogP contribution in [0.25, 0.3) is 0 Å². The first kappa shape index (κ1) is 21.7. The molecule has 0 aliphatic heterocycles. The van der Waals surface area contributed by atoms with E-state index in [-0.39, 0.29) is 5.41 Å². The summed E-state index contributed by atoms with van der Waals surface area (Å²) in [5.74, 6) is 0.622. The third-order valence-electron chi connectivity index (χ3n) is 7.51. The minimum Gasteiger partial charge on any atom is -0.306 e. The molecule has 2 bridgehead atoms. The highest BCUT2D eigenvalue weighted by atomic mass is 79.9. The number of benzene rings is 3. The van der Waals surface area contributed by atoms with Gasteiger partial charge in [-0.25, -0.2) is 0 Å². The fraction of sp³-hybridized carbons (Fsp3) is 0.333. The first-order valence-corrected chi connectivity index (χ1v) is 12.8. The molecule has 3 aromatic rings. The lowest BCUT2D eigenvalue weighted by Gasteiger charge is -2.50. The summed E-state index contributed by atoms with van der Waals surface area (Å²) in [7, 11) is 0. The van der Waals surface area contributed by atoms with E-state index in [4.69, 9.17) is 0 Å². The zero-order valence-corrected chi connectivity index (χ0v) is 20.4. The third-order valence-corrected chi connectivity index (χ3v) is 8.00. The van der Waals surface area contributed by atoms with Gasteiger partial charge in [-0.1, -0.05) is 94.8 Å². The molecule has 0 saturated carbocycles. The highest BCUT2D eigenvalue weighted by Crippen LogP contribution is 2.47. The van der Waals surface area contributed by atoms with Gasteiger partial charge < -0.3 is 5.32 Å². The average molecular weight is 486 g/mol. The molecular weight excluding hydrogens is 454 g/mol. The van der Waals surface area contributed by atoms with Gasteiger partial charge in [0, 0.05) is 22.0 Å². The first-order chi connectivity index (χ1) is 15.7. The standard InChI is InChI=1S/C30H32BrN/c1-22(24-13-7-3-8-14-24)32-29-25-15-9-4-10-18-30(29,21-23-11-5-2-6-12-23)28-17-16-27(31)20-26(28)19-25/h2-3,5-8,10-14,16-18,20,22,25,29,32H,4,9,15,19,21H2,1H3/t22-,25?,29?,30+/m0/s1. The van der Waals surface area contributed by atoms with Crippen LogP contribution in [0, 0.1) is 5.92 Å². The summed E-state index contributed by atoms with van der Waals surface area (Å²) in [5, 5.41) is 4.16. The zero-order valence-electron chi connectivity index (χ0n) is 18.8. The number of hydrogen-bond acceptors (Lipinski definition) is 1.